The number of ether oxygens (including phenoxy) is 2. The van der Waals surface area contributed by atoms with Crippen LogP contribution in [-0.4, -0.2) is 31.3 Å². The van der Waals surface area contributed by atoms with Crippen molar-refractivity contribution in [2.24, 2.45) is 5.41 Å². The predicted octanol–water partition coefficient (Wildman–Crippen LogP) is 2.26. The Kier molecular flexibility index (Phi) is 4.94. The second-order valence-corrected chi connectivity index (χ2v) is 5.18. The second-order valence-electron chi connectivity index (χ2n) is 4.26. The van der Waals surface area contributed by atoms with Crippen LogP contribution in [-0.2, 0) is 20.7 Å². The number of benzene rings is 1. The number of hydrogen-bond donors (Lipinski definition) is 1. The first-order chi connectivity index (χ1) is 8.85. The van der Waals surface area contributed by atoms with E-state index in [9.17, 15) is 14.7 Å². The minimum atomic E-state index is -1.65. The maximum atomic E-state index is 11.7. The average Bonchev–Trinajstić information content (AvgIpc) is 2.37. The van der Waals surface area contributed by atoms with Crippen molar-refractivity contribution in [2.75, 3.05) is 14.2 Å². The smallest absolute Gasteiger partial charge is 0.323 e. The Bertz CT molecular complexity index is 500. The van der Waals surface area contributed by atoms with Gasteiger partial charge in [0, 0.05) is 10.9 Å². The summed E-state index contributed by atoms with van der Waals surface area (Å²) in [5.74, 6) is -1.50. The van der Waals surface area contributed by atoms with Crippen molar-refractivity contribution >= 4 is 27.9 Å². The quantitative estimate of drug-likeness (QED) is 0.662. The highest BCUT2D eigenvalue weighted by atomic mass is 79.9. The van der Waals surface area contributed by atoms with Crippen LogP contribution in [0.3, 0.4) is 0 Å². The van der Waals surface area contributed by atoms with Gasteiger partial charge in [0.1, 0.15) is 5.75 Å². The van der Waals surface area contributed by atoms with Crippen LogP contribution in [0.25, 0.3) is 0 Å². The molecule has 0 aromatic heterocycles. The van der Waals surface area contributed by atoms with E-state index in [0.29, 0.717) is 11.3 Å². The number of rotatable bonds is 5. The molecule has 19 heavy (non-hydrogen) atoms. The molecule has 0 aliphatic carbocycles. The Morgan fingerprint density at radius 2 is 2.00 bits per heavy atom. The van der Waals surface area contributed by atoms with Gasteiger partial charge in [-0.25, -0.2) is 0 Å². The number of carbonyl (C=O) groups excluding carboxylic acids is 1. The summed E-state index contributed by atoms with van der Waals surface area (Å²) in [6, 6.07) is 5.21. The third-order valence-corrected chi connectivity index (χ3v) is 3.39. The number of carbonyl (C=O) groups is 2. The summed E-state index contributed by atoms with van der Waals surface area (Å²) in [6.07, 6.45) is -0.0162. The van der Waals surface area contributed by atoms with E-state index in [1.165, 1.54) is 21.1 Å². The van der Waals surface area contributed by atoms with Crippen molar-refractivity contribution in [1.82, 2.24) is 0 Å². The van der Waals surface area contributed by atoms with Crippen LogP contribution < -0.4 is 4.74 Å². The molecule has 1 unspecified atom stereocenters. The molecule has 0 fully saturated rings. The summed E-state index contributed by atoms with van der Waals surface area (Å²) < 4.78 is 10.5. The van der Waals surface area contributed by atoms with Gasteiger partial charge in [-0.05, 0) is 30.7 Å². The van der Waals surface area contributed by atoms with Crippen LogP contribution in [0, 0.1) is 5.41 Å². The molecule has 1 atom stereocenters. The van der Waals surface area contributed by atoms with Crippen molar-refractivity contribution in [3.8, 4) is 5.75 Å². The molecule has 0 radical (unpaired) electrons. The zero-order valence-corrected chi connectivity index (χ0v) is 12.5. The Morgan fingerprint density at radius 1 is 1.37 bits per heavy atom. The number of hydrogen-bond acceptors (Lipinski definition) is 4. The normalized spacial score (nSPS) is 13.5. The van der Waals surface area contributed by atoms with Gasteiger partial charge in [-0.2, -0.15) is 0 Å². The van der Waals surface area contributed by atoms with Crippen LogP contribution >= 0.6 is 15.9 Å². The molecular formula is C13H15BrO5. The molecule has 6 heteroatoms. The number of methoxy groups -OCH3 is 2. The van der Waals surface area contributed by atoms with Crippen LogP contribution in [0.1, 0.15) is 12.5 Å². The highest BCUT2D eigenvalue weighted by Gasteiger charge is 2.43. The topological polar surface area (TPSA) is 72.8 Å². The molecule has 0 spiro atoms. The van der Waals surface area contributed by atoms with Gasteiger partial charge in [-0.3, -0.25) is 9.59 Å². The molecule has 1 aromatic rings. The zero-order chi connectivity index (χ0) is 14.6. The van der Waals surface area contributed by atoms with Crippen LogP contribution in [0.15, 0.2) is 22.7 Å². The first-order valence-corrected chi connectivity index (χ1v) is 6.28. The number of halogens is 1. The molecule has 1 rings (SSSR count). The lowest BCUT2D eigenvalue weighted by Gasteiger charge is -2.22. The van der Waals surface area contributed by atoms with Gasteiger partial charge >= 0.3 is 11.9 Å². The van der Waals surface area contributed by atoms with Gasteiger partial charge in [-0.15, -0.1) is 0 Å². The molecule has 0 saturated heterocycles. The Labute approximate surface area is 119 Å². The highest BCUT2D eigenvalue weighted by molar-refractivity contribution is 9.10. The molecule has 1 N–H and O–H groups in total. The van der Waals surface area contributed by atoms with Crippen LogP contribution in [0.5, 0.6) is 5.75 Å². The predicted molar refractivity (Wildman–Crippen MR) is 72.2 cm³/mol. The summed E-state index contributed by atoms with van der Waals surface area (Å²) >= 11 is 3.31. The Balaban J connectivity index is 3.20. The average molecular weight is 331 g/mol. The minimum Gasteiger partial charge on any atom is -0.496 e. The van der Waals surface area contributed by atoms with E-state index < -0.39 is 17.4 Å². The third kappa shape index (κ3) is 3.26. The molecule has 0 heterocycles. The molecule has 0 saturated carbocycles. The lowest BCUT2D eigenvalue weighted by Crippen LogP contribution is -2.39. The van der Waals surface area contributed by atoms with E-state index in [1.54, 1.807) is 18.2 Å². The molecule has 0 amide bonds. The molecule has 0 bridgehead atoms. The summed E-state index contributed by atoms with van der Waals surface area (Å²) in [5.41, 5.74) is -1.03. The van der Waals surface area contributed by atoms with Gasteiger partial charge in [0.2, 0.25) is 0 Å². The molecule has 0 aliphatic rings. The van der Waals surface area contributed by atoms with Crippen molar-refractivity contribution in [2.45, 2.75) is 13.3 Å². The fourth-order valence-corrected chi connectivity index (χ4v) is 2.14. The zero-order valence-electron chi connectivity index (χ0n) is 10.9. The number of aliphatic carboxylic acids is 1. The first kappa shape index (κ1) is 15.5. The van der Waals surface area contributed by atoms with Crippen molar-refractivity contribution in [1.29, 1.82) is 0 Å². The van der Waals surface area contributed by atoms with Gasteiger partial charge in [0.15, 0.2) is 5.41 Å². The highest BCUT2D eigenvalue weighted by Crippen LogP contribution is 2.31. The third-order valence-electron chi connectivity index (χ3n) is 2.89. The van der Waals surface area contributed by atoms with Crippen LogP contribution in [0.4, 0.5) is 0 Å². The van der Waals surface area contributed by atoms with E-state index in [0.717, 1.165) is 4.47 Å². The van der Waals surface area contributed by atoms with Gasteiger partial charge in [0.25, 0.3) is 0 Å². The molecule has 5 nitrogen and oxygen atoms in total. The SMILES string of the molecule is COC(=O)C(C)(Cc1cc(Br)ccc1OC)C(=O)O. The largest absolute Gasteiger partial charge is 0.496 e. The van der Waals surface area contributed by atoms with E-state index in [1.807, 2.05) is 0 Å². The van der Waals surface area contributed by atoms with Crippen molar-refractivity contribution in [3.05, 3.63) is 28.2 Å². The van der Waals surface area contributed by atoms with Gasteiger partial charge < -0.3 is 14.6 Å². The first-order valence-electron chi connectivity index (χ1n) is 5.49. The molecule has 0 aliphatic heterocycles. The van der Waals surface area contributed by atoms with Gasteiger partial charge in [0.05, 0.1) is 14.2 Å². The fraction of sp³-hybridized carbons (Fsp3) is 0.385. The minimum absolute atomic E-state index is 0.0162. The van der Waals surface area contributed by atoms with E-state index in [-0.39, 0.29) is 6.42 Å². The monoisotopic (exact) mass is 330 g/mol. The number of esters is 1. The Hall–Kier alpha value is -1.56. The standard InChI is InChI=1S/C13H15BrO5/c1-13(11(15)16,12(17)19-3)7-8-6-9(14)4-5-10(8)18-2/h4-6H,7H2,1-3H3,(H,15,16). The molecule has 1 aromatic carbocycles. The number of carboxylic acids is 1. The van der Waals surface area contributed by atoms with Crippen molar-refractivity contribution in [3.63, 3.8) is 0 Å². The second kappa shape index (κ2) is 6.06. The number of carboxylic acid groups (broad SMARTS) is 1. The van der Waals surface area contributed by atoms with Gasteiger partial charge in [-0.1, -0.05) is 15.9 Å². The van der Waals surface area contributed by atoms with E-state index >= 15 is 0 Å². The lowest BCUT2D eigenvalue weighted by atomic mass is 9.83. The fourth-order valence-electron chi connectivity index (χ4n) is 1.73. The summed E-state index contributed by atoms with van der Waals surface area (Å²) in [5, 5.41) is 9.27. The van der Waals surface area contributed by atoms with E-state index in [4.69, 9.17) is 4.74 Å². The molecular weight excluding hydrogens is 316 g/mol. The summed E-state index contributed by atoms with van der Waals surface area (Å²) in [6.45, 7) is 1.33. The molecule has 104 valence electrons. The Morgan fingerprint density at radius 3 is 2.47 bits per heavy atom. The van der Waals surface area contributed by atoms with Crippen molar-refractivity contribution < 1.29 is 24.2 Å². The maximum Gasteiger partial charge on any atom is 0.323 e. The van der Waals surface area contributed by atoms with E-state index in [2.05, 4.69) is 20.7 Å². The summed E-state index contributed by atoms with van der Waals surface area (Å²) in [4.78, 5) is 23.1. The van der Waals surface area contributed by atoms with Crippen LogP contribution in [0.2, 0.25) is 0 Å². The maximum absolute atomic E-state index is 11.7. The lowest BCUT2D eigenvalue weighted by molar-refractivity contribution is -0.165. The summed E-state index contributed by atoms with van der Waals surface area (Å²) in [7, 11) is 2.66.